The van der Waals surface area contributed by atoms with Crippen LogP contribution in [0.1, 0.15) is 6.42 Å². The lowest BCUT2D eigenvalue weighted by molar-refractivity contribution is 0.191. The monoisotopic (exact) mass is 119 g/mol. The fourth-order valence-corrected chi connectivity index (χ4v) is 0.915. The number of hydrogen-bond donors (Lipinski definition) is 2. The topological polar surface area (TPSA) is 32.3 Å². The Morgan fingerprint density at radius 2 is 2.50 bits per heavy atom. The molecule has 0 saturated carbocycles. The molecule has 48 valence electrons. The molecule has 1 heterocycles. The highest BCUT2D eigenvalue weighted by Gasteiger charge is 2.20. The second kappa shape index (κ2) is 2.42. The van der Waals surface area contributed by atoms with Crippen LogP contribution in [-0.2, 0) is 0 Å². The van der Waals surface area contributed by atoms with E-state index in [1.54, 1.807) is 0 Å². The predicted octanol–water partition coefficient (Wildman–Crippen LogP) is -0.321. The standard InChI is InChI=1S/C5H10FNO/c6-2-4-1-5(8)3-7-4/h4-5,7-8H,1-3H2/t4-,5+/m1/s1. The van der Waals surface area contributed by atoms with Crippen LogP contribution in [0.15, 0.2) is 0 Å². The van der Waals surface area contributed by atoms with Gasteiger partial charge in [-0.2, -0.15) is 0 Å². The van der Waals surface area contributed by atoms with Gasteiger partial charge < -0.3 is 10.4 Å². The molecule has 1 fully saturated rings. The Morgan fingerprint density at radius 1 is 1.75 bits per heavy atom. The van der Waals surface area contributed by atoms with Gasteiger partial charge in [-0.15, -0.1) is 0 Å². The van der Waals surface area contributed by atoms with E-state index in [9.17, 15) is 4.39 Å². The maximum atomic E-state index is 11.7. The average Bonchev–Trinajstić information content (AvgIpc) is 2.14. The molecule has 0 spiro atoms. The van der Waals surface area contributed by atoms with Gasteiger partial charge in [0, 0.05) is 12.6 Å². The second-order valence-corrected chi connectivity index (χ2v) is 2.15. The van der Waals surface area contributed by atoms with Crippen LogP contribution in [-0.4, -0.2) is 30.5 Å². The molecule has 0 bridgehead atoms. The van der Waals surface area contributed by atoms with Gasteiger partial charge in [-0.1, -0.05) is 0 Å². The Kier molecular flexibility index (Phi) is 1.81. The first kappa shape index (κ1) is 5.98. The van der Waals surface area contributed by atoms with Crippen molar-refractivity contribution in [1.82, 2.24) is 5.32 Å². The highest BCUT2D eigenvalue weighted by atomic mass is 19.1. The van der Waals surface area contributed by atoms with Crippen LogP contribution in [0.4, 0.5) is 4.39 Å². The highest BCUT2D eigenvalue weighted by molar-refractivity contribution is 4.79. The quantitative estimate of drug-likeness (QED) is 0.495. The van der Waals surface area contributed by atoms with Gasteiger partial charge >= 0.3 is 0 Å². The lowest BCUT2D eigenvalue weighted by Gasteiger charge is -1.99. The molecular weight excluding hydrogens is 109 g/mol. The van der Waals surface area contributed by atoms with Crippen molar-refractivity contribution in [2.24, 2.45) is 0 Å². The largest absolute Gasteiger partial charge is 0.392 e. The summed E-state index contributed by atoms with van der Waals surface area (Å²) in [6.45, 7) is 0.186. The zero-order valence-corrected chi connectivity index (χ0v) is 4.60. The van der Waals surface area contributed by atoms with Gasteiger partial charge in [-0.25, -0.2) is 4.39 Å². The summed E-state index contributed by atoms with van der Waals surface area (Å²) in [5, 5.41) is 11.6. The van der Waals surface area contributed by atoms with Crippen molar-refractivity contribution in [2.45, 2.75) is 18.6 Å². The fourth-order valence-electron chi connectivity index (χ4n) is 0.915. The van der Waals surface area contributed by atoms with Gasteiger partial charge in [0.05, 0.1) is 6.10 Å². The van der Waals surface area contributed by atoms with Crippen molar-refractivity contribution >= 4 is 0 Å². The van der Waals surface area contributed by atoms with E-state index in [0.717, 1.165) is 0 Å². The summed E-state index contributed by atoms with van der Waals surface area (Å²) in [4.78, 5) is 0. The van der Waals surface area contributed by atoms with Crippen LogP contribution in [0.25, 0.3) is 0 Å². The van der Waals surface area contributed by atoms with Crippen LogP contribution < -0.4 is 5.32 Å². The molecule has 0 aromatic carbocycles. The lowest BCUT2D eigenvalue weighted by Crippen LogP contribution is -2.22. The third-order valence-electron chi connectivity index (χ3n) is 1.39. The van der Waals surface area contributed by atoms with Crippen LogP contribution >= 0.6 is 0 Å². The number of hydrogen-bond acceptors (Lipinski definition) is 2. The van der Waals surface area contributed by atoms with Crippen molar-refractivity contribution in [1.29, 1.82) is 0 Å². The summed E-state index contributed by atoms with van der Waals surface area (Å²) in [6, 6.07) is -0.0926. The Bertz CT molecular complexity index is 78.8. The van der Waals surface area contributed by atoms with Gasteiger partial charge in [0.25, 0.3) is 0 Å². The molecule has 2 nitrogen and oxygen atoms in total. The van der Waals surface area contributed by atoms with Gasteiger partial charge in [0.15, 0.2) is 0 Å². The van der Waals surface area contributed by atoms with E-state index in [1.807, 2.05) is 0 Å². The third-order valence-corrected chi connectivity index (χ3v) is 1.39. The van der Waals surface area contributed by atoms with Gasteiger partial charge in [0.2, 0.25) is 0 Å². The summed E-state index contributed by atoms with van der Waals surface area (Å²) in [6.07, 6.45) is 0.243. The molecule has 0 radical (unpaired) electrons. The van der Waals surface area contributed by atoms with Crippen molar-refractivity contribution in [2.75, 3.05) is 13.2 Å². The van der Waals surface area contributed by atoms with Gasteiger partial charge in [-0.3, -0.25) is 0 Å². The van der Waals surface area contributed by atoms with E-state index in [4.69, 9.17) is 5.11 Å². The molecule has 0 aromatic rings. The number of nitrogens with one attached hydrogen (secondary N) is 1. The maximum absolute atomic E-state index is 11.7. The summed E-state index contributed by atoms with van der Waals surface area (Å²) in [7, 11) is 0. The molecule has 2 N–H and O–H groups in total. The molecule has 1 rings (SSSR count). The van der Waals surface area contributed by atoms with E-state index in [2.05, 4.69) is 5.32 Å². The van der Waals surface area contributed by atoms with Crippen LogP contribution in [0.5, 0.6) is 0 Å². The zero-order valence-electron chi connectivity index (χ0n) is 4.60. The minimum Gasteiger partial charge on any atom is -0.392 e. The molecule has 0 aliphatic carbocycles. The van der Waals surface area contributed by atoms with Crippen molar-refractivity contribution in [3.05, 3.63) is 0 Å². The fraction of sp³-hybridized carbons (Fsp3) is 1.00. The smallest absolute Gasteiger partial charge is 0.105 e. The lowest BCUT2D eigenvalue weighted by atomic mass is 10.2. The highest BCUT2D eigenvalue weighted by Crippen LogP contribution is 2.05. The molecule has 0 aromatic heterocycles. The SMILES string of the molecule is O[C@@H]1CN[C@@H](CF)C1. The third kappa shape index (κ3) is 1.17. The van der Waals surface area contributed by atoms with Gasteiger partial charge in [0.1, 0.15) is 6.67 Å². The number of alkyl halides is 1. The second-order valence-electron chi connectivity index (χ2n) is 2.15. The average molecular weight is 119 g/mol. The number of aliphatic hydroxyl groups is 1. The molecule has 1 aliphatic heterocycles. The van der Waals surface area contributed by atoms with E-state index in [1.165, 1.54) is 0 Å². The summed E-state index contributed by atoms with van der Waals surface area (Å²) in [5.74, 6) is 0. The molecule has 0 amide bonds. The first-order valence-corrected chi connectivity index (χ1v) is 2.80. The number of β-amino-alcohol motifs (C(OH)–C–C–N with tert-alkyl or cyclic N) is 1. The van der Waals surface area contributed by atoms with Crippen LogP contribution in [0.3, 0.4) is 0 Å². The minimum atomic E-state index is -0.364. The van der Waals surface area contributed by atoms with Crippen LogP contribution in [0, 0.1) is 0 Å². The summed E-state index contributed by atoms with van der Waals surface area (Å²) < 4.78 is 11.7. The van der Waals surface area contributed by atoms with Gasteiger partial charge in [-0.05, 0) is 6.42 Å². The molecule has 1 aliphatic rings. The Hall–Kier alpha value is -0.150. The van der Waals surface area contributed by atoms with Crippen molar-refractivity contribution in [3.63, 3.8) is 0 Å². The van der Waals surface area contributed by atoms with Crippen molar-refractivity contribution in [3.8, 4) is 0 Å². The van der Waals surface area contributed by atoms with E-state index < -0.39 is 0 Å². The summed E-state index contributed by atoms with van der Waals surface area (Å²) >= 11 is 0. The van der Waals surface area contributed by atoms with Crippen molar-refractivity contribution < 1.29 is 9.50 Å². The zero-order chi connectivity index (χ0) is 5.98. The number of aliphatic hydroxyl groups excluding tert-OH is 1. The molecule has 1 saturated heterocycles. The maximum Gasteiger partial charge on any atom is 0.105 e. The Morgan fingerprint density at radius 3 is 2.75 bits per heavy atom. The Labute approximate surface area is 47.7 Å². The predicted molar refractivity (Wildman–Crippen MR) is 28.4 cm³/mol. The first-order chi connectivity index (χ1) is 3.83. The minimum absolute atomic E-state index is 0.0926. The molecule has 0 unspecified atom stereocenters. The normalized spacial score (nSPS) is 38.2. The number of rotatable bonds is 1. The van der Waals surface area contributed by atoms with E-state index in [-0.39, 0.29) is 18.8 Å². The van der Waals surface area contributed by atoms with E-state index in [0.29, 0.717) is 13.0 Å². The van der Waals surface area contributed by atoms with Crippen LogP contribution in [0.2, 0.25) is 0 Å². The van der Waals surface area contributed by atoms with E-state index >= 15 is 0 Å². The first-order valence-electron chi connectivity index (χ1n) is 2.80. The molecule has 3 heteroatoms. The number of halogens is 1. The molecule has 8 heavy (non-hydrogen) atoms. The Balaban J connectivity index is 2.22. The summed E-state index contributed by atoms with van der Waals surface area (Å²) in [5.41, 5.74) is 0. The molecule has 2 atom stereocenters. The molecular formula is C5H10FNO.